The van der Waals surface area contributed by atoms with E-state index in [-0.39, 0.29) is 29.0 Å². The molecule has 0 bridgehead atoms. The second-order valence-electron chi connectivity index (χ2n) is 6.72. The van der Waals surface area contributed by atoms with Crippen molar-refractivity contribution in [3.63, 3.8) is 0 Å². The molecule has 2 fully saturated rings. The summed E-state index contributed by atoms with van der Waals surface area (Å²) < 4.78 is 25.2. The van der Waals surface area contributed by atoms with Crippen LogP contribution in [0.4, 0.5) is 0 Å². The van der Waals surface area contributed by atoms with Crippen LogP contribution in [0.15, 0.2) is 24.5 Å². The molecule has 0 spiro atoms. The molecule has 0 aromatic carbocycles. The number of hydrogen-bond donors (Lipinski definition) is 1. The van der Waals surface area contributed by atoms with Crippen molar-refractivity contribution >= 4 is 15.7 Å². The smallest absolute Gasteiger partial charge is 0.222 e. The number of nitrogens with one attached hydrogen (secondary N) is 1. The van der Waals surface area contributed by atoms with Crippen LogP contribution in [0.2, 0.25) is 0 Å². The first kappa shape index (κ1) is 15.6. The third kappa shape index (κ3) is 3.37. The van der Waals surface area contributed by atoms with E-state index in [1.54, 1.807) is 0 Å². The van der Waals surface area contributed by atoms with E-state index in [1.807, 2.05) is 24.5 Å². The number of nitrogens with zero attached hydrogens (tertiary/aromatic N) is 1. The Hall–Kier alpha value is -1.30. The van der Waals surface area contributed by atoms with Crippen molar-refractivity contribution in [2.45, 2.75) is 56.5 Å². The van der Waals surface area contributed by atoms with Gasteiger partial charge in [0.25, 0.3) is 0 Å². The number of carbonyl (C=O) groups excluding carboxylic acids is 1. The van der Waals surface area contributed by atoms with Gasteiger partial charge in [-0.1, -0.05) is 19.3 Å². The summed E-state index contributed by atoms with van der Waals surface area (Å²) >= 11 is 0. The molecule has 1 aromatic rings. The zero-order valence-corrected chi connectivity index (χ0v) is 13.6. The minimum absolute atomic E-state index is 0.0160. The second-order valence-corrected chi connectivity index (χ2v) is 8.95. The summed E-state index contributed by atoms with van der Waals surface area (Å²) in [6.07, 6.45) is 10.6. The van der Waals surface area contributed by atoms with Crippen LogP contribution in [0, 0.1) is 0 Å². The Bertz CT molecular complexity index is 616. The summed E-state index contributed by atoms with van der Waals surface area (Å²) in [5, 5.41) is 2.94. The van der Waals surface area contributed by atoms with Gasteiger partial charge in [-0.05, 0) is 31.4 Å². The van der Waals surface area contributed by atoms with Gasteiger partial charge in [0, 0.05) is 18.4 Å². The Morgan fingerprint density at radius 2 is 1.86 bits per heavy atom. The highest BCUT2D eigenvalue weighted by atomic mass is 32.2. The van der Waals surface area contributed by atoms with Crippen molar-refractivity contribution in [3.05, 3.63) is 24.5 Å². The number of aromatic nitrogens is 1. The van der Waals surface area contributed by atoms with Crippen LogP contribution in [0.1, 0.15) is 44.9 Å². The molecule has 1 aliphatic carbocycles. The third-order valence-electron chi connectivity index (χ3n) is 5.02. The van der Waals surface area contributed by atoms with Gasteiger partial charge in [-0.2, -0.15) is 0 Å². The molecule has 1 aromatic heterocycles. The molecule has 122 valence electrons. The molecule has 22 heavy (non-hydrogen) atoms. The lowest BCUT2D eigenvalue weighted by Gasteiger charge is -2.38. The number of hydrogen-bond acceptors (Lipinski definition) is 3. The van der Waals surface area contributed by atoms with Crippen molar-refractivity contribution in [1.82, 2.24) is 9.88 Å². The van der Waals surface area contributed by atoms with E-state index in [9.17, 15) is 13.2 Å². The number of sulfone groups is 1. The topological polar surface area (TPSA) is 68.2 Å². The maximum Gasteiger partial charge on any atom is 0.222 e. The van der Waals surface area contributed by atoms with Gasteiger partial charge in [0.2, 0.25) is 5.91 Å². The van der Waals surface area contributed by atoms with Crippen molar-refractivity contribution in [2.75, 3.05) is 11.5 Å². The van der Waals surface area contributed by atoms with E-state index >= 15 is 0 Å². The standard InChI is InChI=1S/C16H24N2O3S/c19-15(17-14-6-11-22(20,21)13-14)12-16(7-2-1-3-8-16)18-9-4-5-10-18/h4-5,9-10,14H,1-3,6-8,11-13H2,(H,17,19). The molecule has 0 radical (unpaired) electrons. The van der Waals surface area contributed by atoms with Gasteiger partial charge in [0.1, 0.15) is 0 Å². The summed E-state index contributed by atoms with van der Waals surface area (Å²) in [5.41, 5.74) is -0.136. The van der Waals surface area contributed by atoms with Crippen molar-refractivity contribution in [2.24, 2.45) is 0 Å². The quantitative estimate of drug-likeness (QED) is 0.919. The third-order valence-corrected chi connectivity index (χ3v) is 6.79. The number of rotatable bonds is 4. The first-order valence-electron chi connectivity index (χ1n) is 8.12. The van der Waals surface area contributed by atoms with Gasteiger partial charge >= 0.3 is 0 Å². The fourth-order valence-electron chi connectivity index (χ4n) is 3.87. The summed E-state index contributed by atoms with van der Waals surface area (Å²) in [4.78, 5) is 12.5. The Balaban J connectivity index is 1.67. The molecule has 5 nitrogen and oxygen atoms in total. The molecule has 1 unspecified atom stereocenters. The minimum Gasteiger partial charge on any atom is -0.352 e. The fraction of sp³-hybridized carbons (Fsp3) is 0.688. The van der Waals surface area contributed by atoms with Crippen molar-refractivity contribution in [1.29, 1.82) is 0 Å². The van der Waals surface area contributed by atoms with E-state index in [1.165, 1.54) is 6.42 Å². The number of carbonyl (C=O) groups is 1. The summed E-state index contributed by atoms with van der Waals surface area (Å²) in [7, 11) is -2.95. The van der Waals surface area contributed by atoms with E-state index < -0.39 is 9.84 Å². The molecular formula is C16H24N2O3S. The molecule has 2 aliphatic rings. The first-order chi connectivity index (χ1) is 10.5. The Labute approximate surface area is 132 Å². The monoisotopic (exact) mass is 324 g/mol. The molecule has 1 saturated heterocycles. The average molecular weight is 324 g/mol. The molecule has 1 atom stereocenters. The lowest BCUT2D eigenvalue weighted by atomic mass is 9.78. The van der Waals surface area contributed by atoms with Gasteiger partial charge in [0.05, 0.1) is 23.5 Å². The minimum atomic E-state index is -2.95. The van der Waals surface area contributed by atoms with Gasteiger partial charge < -0.3 is 9.88 Å². The molecule has 3 rings (SSSR count). The average Bonchev–Trinajstić information content (AvgIpc) is 3.10. The highest BCUT2D eigenvalue weighted by Gasteiger charge is 2.37. The molecule has 1 N–H and O–H groups in total. The van der Waals surface area contributed by atoms with Gasteiger partial charge in [0.15, 0.2) is 9.84 Å². The van der Waals surface area contributed by atoms with Gasteiger partial charge in [-0.3, -0.25) is 4.79 Å². The summed E-state index contributed by atoms with van der Waals surface area (Å²) in [6.45, 7) is 0. The predicted molar refractivity (Wildman–Crippen MR) is 85.3 cm³/mol. The molecule has 1 aliphatic heterocycles. The first-order valence-corrected chi connectivity index (χ1v) is 9.95. The van der Waals surface area contributed by atoms with Crippen LogP contribution in [0.25, 0.3) is 0 Å². The van der Waals surface area contributed by atoms with E-state index in [2.05, 4.69) is 9.88 Å². The van der Waals surface area contributed by atoms with Crippen LogP contribution in [-0.2, 0) is 20.2 Å². The molecule has 6 heteroatoms. The Morgan fingerprint density at radius 1 is 1.18 bits per heavy atom. The Morgan fingerprint density at radius 3 is 2.45 bits per heavy atom. The maximum atomic E-state index is 12.5. The van der Waals surface area contributed by atoms with Crippen LogP contribution < -0.4 is 5.32 Å². The molecule has 1 saturated carbocycles. The predicted octanol–water partition coefficient (Wildman–Crippen LogP) is 1.84. The van der Waals surface area contributed by atoms with Crippen LogP contribution >= 0.6 is 0 Å². The zero-order chi connectivity index (χ0) is 15.6. The van der Waals surface area contributed by atoms with E-state index in [0.717, 1.165) is 25.7 Å². The van der Waals surface area contributed by atoms with E-state index in [0.29, 0.717) is 12.8 Å². The SMILES string of the molecule is O=C(CC1(n2cccc2)CCCCC1)NC1CCS(=O)(=O)C1. The van der Waals surface area contributed by atoms with Crippen molar-refractivity contribution < 1.29 is 13.2 Å². The number of amides is 1. The highest BCUT2D eigenvalue weighted by Crippen LogP contribution is 2.38. The highest BCUT2D eigenvalue weighted by molar-refractivity contribution is 7.91. The van der Waals surface area contributed by atoms with Crippen LogP contribution in [0.3, 0.4) is 0 Å². The summed E-state index contributed by atoms with van der Waals surface area (Å²) in [6, 6.07) is 3.79. The second kappa shape index (κ2) is 6.07. The fourth-order valence-corrected chi connectivity index (χ4v) is 5.55. The lowest BCUT2D eigenvalue weighted by Crippen LogP contribution is -2.43. The normalized spacial score (nSPS) is 26.6. The van der Waals surface area contributed by atoms with E-state index in [4.69, 9.17) is 0 Å². The molecule has 2 heterocycles. The van der Waals surface area contributed by atoms with Crippen molar-refractivity contribution in [3.8, 4) is 0 Å². The van der Waals surface area contributed by atoms with Gasteiger partial charge in [-0.15, -0.1) is 0 Å². The maximum absolute atomic E-state index is 12.5. The van der Waals surface area contributed by atoms with Crippen LogP contribution in [-0.4, -0.2) is 36.4 Å². The molecular weight excluding hydrogens is 300 g/mol. The lowest BCUT2D eigenvalue weighted by molar-refractivity contribution is -0.124. The van der Waals surface area contributed by atoms with Gasteiger partial charge in [-0.25, -0.2) is 8.42 Å². The Kier molecular flexibility index (Phi) is 4.30. The van der Waals surface area contributed by atoms with Crippen LogP contribution in [0.5, 0.6) is 0 Å². The summed E-state index contributed by atoms with van der Waals surface area (Å²) in [5.74, 6) is 0.272. The zero-order valence-electron chi connectivity index (χ0n) is 12.8. The largest absolute Gasteiger partial charge is 0.352 e. The molecule has 1 amide bonds.